The fourth-order valence-electron chi connectivity index (χ4n) is 1.53. The van der Waals surface area contributed by atoms with E-state index in [1.807, 2.05) is 39.0 Å². The van der Waals surface area contributed by atoms with Crippen LogP contribution in [0.4, 0.5) is 5.69 Å². The molecule has 0 aliphatic carbocycles. The van der Waals surface area contributed by atoms with Gasteiger partial charge in [-0.3, -0.25) is 4.79 Å². The van der Waals surface area contributed by atoms with E-state index in [0.29, 0.717) is 25.3 Å². The molecule has 3 N–H and O–H groups in total. The summed E-state index contributed by atoms with van der Waals surface area (Å²) in [6, 6.07) is 7.33. The average Bonchev–Trinajstić information content (AvgIpc) is 2.24. The summed E-state index contributed by atoms with van der Waals surface area (Å²) in [7, 11) is 0. The third-order valence-corrected chi connectivity index (χ3v) is 2.20. The second-order valence-corrected chi connectivity index (χ2v) is 5.45. The van der Waals surface area contributed by atoms with E-state index in [1.165, 1.54) is 0 Å². The van der Waals surface area contributed by atoms with Crippen molar-refractivity contribution < 1.29 is 9.53 Å². The first kappa shape index (κ1) is 14.5. The van der Waals surface area contributed by atoms with Crippen LogP contribution in [0.1, 0.15) is 27.2 Å². The van der Waals surface area contributed by atoms with Crippen LogP contribution in [0.5, 0.6) is 5.75 Å². The molecule has 4 nitrogen and oxygen atoms in total. The Labute approximate surface area is 109 Å². The second kappa shape index (κ2) is 6.40. The fourth-order valence-corrected chi connectivity index (χ4v) is 1.53. The Hall–Kier alpha value is -1.55. The molecule has 0 aromatic heterocycles. The number of ether oxygens (including phenoxy) is 1. The van der Waals surface area contributed by atoms with Gasteiger partial charge in [-0.25, -0.2) is 0 Å². The van der Waals surface area contributed by atoms with Gasteiger partial charge in [-0.05, 0) is 17.5 Å². The van der Waals surface area contributed by atoms with Gasteiger partial charge in [0.2, 0.25) is 5.91 Å². The van der Waals surface area contributed by atoms with Crippen molar-refractivity contribution >= 4 is 11.6 Å². The standard InChI is InChI=1S/C14H22N2O2/c1-14(2,3)10-13(17)16-11-5-4-6-12(9-11)18-8-7-15/h4-6,9H,7-8,10,15H2,1-3H3,(H,16,17). The van der Waals surface area contributed by atoms with Crippen LogP contribution in [0.15, 0.2) is 24.3 Å². The molecule has 1 amide bonds. The quantitative estimate of drug-likeness (QED) is 0.843. The number of carbonyl (C=O) groups excluding carboxylic acids is 1. The molecule has 0 saturated carbocycles. The number of nitrogens with two attached hydrogens (primary N) is 1. The first-order valence-corrected chi connectivity index (χ1v) is 6.13. The number of benzene rings is 1. The summed E-state index contributed by atoms with van der Waals surface area (Å²) >= 11 is 0. The third kappa shape index (κ3) is 5.68. The number of hydrogen-bond donors (Lipinski definition) is 2. The summed E-state index contributed by atoms with van der Waals surface area (Å²) in [4.78, 5) is 11.8. The van der Waals surface area contributed by atoms with Crippen molar-refractivity contribution in [3.63, 3.8) is 0 Å². The highest BCUT2D eigenvalue weighted by molar-refractivity contribution is 5.91. The zero-order valence-electron chi connectivity index (χ0n) is 11.3. The topological polar surface area (TPSA) is 64.3 Å². The fraction of sp³-hybridized carbons (Fsp3) is 0.500. The molecule has 0 heterocycles. The van der Waals surface area contributed by atoms with Crippen LogP contribution >= 0.6 is 0 Å². The maximum atomic E-state index is 11.8. The second-order valence-electron chi connectivity index (χ2n) is 5.45. The SMILES string of the molecule is CC(C)(C)CC(=O)Nc1cccc(OCCN)c1. The first-order valence-electron chi connectivity index (χ1n) is 6.13. The van der Waals surface area contributed by atoms with Crippen molar-refractivity contribution in [2.45, 2.75) is 27.2 Å². The number of anilines is 1. The molecule has 0 unspecified atom stereocenters. The van der Waals surface area contributed by atoms with Gasteiger partial charge in [-0.2, -0.15) is 0 Å². The van der Waals surface area contributed by atoms with E-state index < -0.39 is 0 Å². The van der Waals surface area contributed by atoms with Crippen LogP contribution in [-0.4, -0.2) is 19.1 Å². The lowest BCUT2D eigenvalue weighted by Crippen LogP contribution is -2.19. The molecule has 0 atom stereocenters. The molecular formula is C14H22N2O2. The Balaban J connectivity index is 2.59. The molecule has 1 rings (SSSR count). The Morgan fingerprint density at radius 1 is 1.39 bits per heavy atom. The summed E-state index contributed by atoms with van der Waals surface area (Å²) in [5.74, 6) is 0.729. The Morgan fingerprint density at radius 3 is 2.72 bits per heavy atom. The molecule has 100 valence electrons. The highest BCUT2D eigenvalue weighted by Gasteiger charge is 2.15. The summed E-state index contributed by atoms with van der Waals surface area (Å²) in [6.07, 6.45) is 0.487. The molecule has 0 fully saturated rings. The van der Waals surface area contributed by atoms with Gasteiger partial charge in [-0.1, -0.05) is 26.8 Å². The molecule has 0 bridgehead atoms. The van der Waals surface area contributed by atoms with Gasteiger partial charge in [0, 0.05) is 24.7 Å². The van der Waals surface area contributed by atoms with Crippen molar-refractivity contribution in [2.24, 2.45) is 11.1 Å². The number of amides is 1. The molecular weight excluding hydrogens is 228 g/mol. The van der Waals surface area contributed by atoms with E-state index >= 15 is 0 Å². The van der Waals surface area contributed by atoms with E-state index in [1.54, 1.807) is 6.07 Å². The summed E-state index contributed by atoms with van der Waals surface area (Å²) in [6.45, 7) is 7.05. The average molecular weight is 250 g/mol. The largest absolute Gasteiger partial charge is 0.492 e. The summed E-state index contributed by atoms with van der Waals surface area (Å²) < 4.78 is 5.40. The Kier molecular flexibility index (Phi) is 5.16. The minimum atomic E-state index is -0.0161. The Bertz CT molecular complexity index is 397. The number of rotatable bonds is 5. The van der Waals surface area contributed by atoms with Crippen molar-refractivity contribution in [3.8, 4) is 5.75 Å². The van der Waals surface area contributed by atoms with Crippen LogP contribution in [0.3, 0.4) is 0 Å². The molecule has 18 heavy (non-hydrogen) atoms. The first-order chi connectivity index (χ1) is 8.40. The van der Waals surface area contributed by atoms with Crippen LogP contribution < -0.4 is 15.8 Å². The maximum absolute atomic E-state index is 11.8. The van der Waals surface area contributed by atoms with Crippen LogP contribution in [0.25, 0.3) is 0 Å². The lowest BCUT2D eigenvalue weighted by Gasteiger charge is -2.17. The van der Waals surface area contributed by atoms with E-state index in [4.69, 9.17) is 10.5 Å². The number of hydrogen-bond acceptors (Lipinski definition) is 3. The van der Waals surface area contributed by atoms with Gasteiger partial charge < -0.3 is 15.8 Å². The van der Waals surface area contributed by atoms with Gasteiger partial charge >= 0.3 is 0 Å². The van der Waals surface area contributed by atoms with Crippen molar-refractivity contribution in [1.29, 1.82) is 0 Å². The van der Waals surface area contributed by atoms with Gasteiger partial charge in [0.05, 0.1) is 0 Å². The smallest absolute Gasteiger partial charge is 0.224 e. The molecule has 0 saturated heterocycles. The monoisotopic (exact) mass is 250 g/mol. The van der Waals surface area contributed by atoms with Gasteiger partial charge in [0.15, 0.2) is 0 Å². The number of carbonyl (C=O) groups is 1. The highest BCUT2D eigenvalue weighted by atomic mass is 16.5. The van der Waals surface area contributed by atoms with Crippen molar-refractivity contribution in [3.05, 3.63) is 24.3 Å². The summed E-state index contributed by atoms with van der Waals surface area (Å²) in [5, 5.41) is 2.87. The molecule has 0 radical (unpaired) electrons. The highest BCUT2D eigenvalue weighted by Crippen LogP contribution is 2.21. The third-order valence-electron chi connectivity index (χ3n) is 2.20. The predicted molar refractivity (Wildman–Crippen MR) is 73.7 cm³/mol. The lowest BCUT2D eigenvalue weighted by atomic mass is 9.92. The Morgan fingerprint density at radius 2 is 2.11 bits per heavy atom. The molecule has 0 aliphatic rings. The molecule has 1 aromatic rings. The number of nitrogens with one attached hydrogen (secondary N) is 1. The molecule has 0 aliphatic heterocycles. The minimum Gasteiger partial charge on any atom is -0.492 e. The normalized spacial score (nSPS) is 11.1. The van der Waals surface area contributed by atoms with Crippen LogP contribution in [0, 0.1) is 5.41 Å². The zero-order valence-corrected chi connectivity index (χ0v) is 11.3. The minimum absolute atomic E-state index is 0.0125. The zero-order chi connectivity index (χ0) is 13.6. The van der Waals surface area contributed by atoms with E-state index in [2.05, 4.69) is 5.32 Å². The van der Waals surface area contributed by atoms with E-state index in [-0.39, 0.29) is 11.3 Å². The van der Waals surface area contributed by atoms with Gasteiger partial charge in [-0.15, -0.1) is 0 Å². The van der Waals surface area contributed by atoms with E-state index in [0.717, 1.165) is 5.69 Å². The summed E-state index contributed by atoms with van der Waals surface area (Å²) in [5.41, 5.74) is 6.10. The van der Waals surface area contributed by atoms with Crippen molar-refractivity contribution in [1.82, 2.24) is 0 Å². The molecule has 1 aromatic carbocycles. The lowest BCUT2D eigenvalue weighted by molar-refractivity contribution is -0.117. The molecule has 4 heteroatoms. The van der Waals surface area contributed by atoms with E-state index in [9.17, 15) is 4.79 Å². The van der Waals surface area contributed by atoms with Crippen molar-refractivity contribution in [2.75, 3.05) is 18.5 Å². The van der Waals surface area contributed by atoms with Gasteiger partial charge in [0.25, 0.3) is 0 Å². The van der Waals surface area contributed by atoms with Crippen LogP contribution in [-0.2, 0) is 4.79 Å². The molecule has 0 spiro atoms. The van der Waals surface area contributed by atoms with Gasteiger partial charge in [0.1, 0.15) is 12.4 Å². The van der Waals surface area contributed by atoms with Crippen LogP contribution in [0.2, 0.25) is 0 Å². The predicted octanol–water partition coefficient (Wildman–Crippen LogP) is 2.40. The maximum Gasteiger partial charge on any atom is 0.224 e.